The summed E-state index contributed by atoms with van der Waals surface area (Å²) >= 11 is 0. The summed E-state index contributed by atoms with van der Waals surface area (Å²) < 4.78 is 1.80. The van der Waals surface area contributed by atoms with Crippen LogP contribution in [0, 0.1) is 5.92 Å². The third-order valence-electron chi connectivity index (χ3n) is 5.08. The van der Waals surface area contributed by atoms with E-state index in [-0.39, 0.29) is 12.5 Å². The Hall–Kier alpha value is -2.14. The van der Waals surface area contributed by atoms with E-state index in [1.165, 1.54) is 0 Å². The van der Waals surface area contributed by atoms with Gasteiger partial charge in [-0.25, -0.2) is 4.68 Å². The van der Waals surface area contributed by atoms with Gasteiger partial charge in [0, 0.05) is 32.1 Å². The molecule has 1 aromatic carbocycles. The fraction of sp³-hybridized carbons (Fsp3) is 0.474. The average molecular weight is 327 g/mol. The zero-order valence-electron chi connectivity index (χ0n) is 14.1. The lowest BCUT2D eigenvalue weighted by atomic mass is 9.86. The lowest BCUT2D eigenvalue weighted by Crippen LogP contribution is -2.40. The van der Waals surface area contributed by atoms with Crippen LogP contribution in [0.5, 0.6) is 0 Å². The van der Waals surface area contributed by atoms with Gasteiger partial charge in [-0.15, -0.1) is 0 Å². The molecule has 0 unspecified atom stereocenters. The highest BCUT2D eigenvalue weighted by molar-refractivity contribution is 5.78. The number of aliphatic hydroxyl groups excluding tert-OH is 1. The first kappa shape index (κ1) is 16.7. The molecule has 0 spiro atoms. The first-order valence-corrected chi connectivity index (χ1v) is 8.63. The minimum absolute atomic E-state index is 0.161. The fourth-order valence-electron chi connectivity index (χ4n) is 3.41. The van der Waals surface area contributed by atoms with Crippen LogP contribution in [0.4, 0.5) is 0 Å². The Morgan fingerprint density at radius 2 is 1.96 bits per heavy atom. The van der Waals surface area contributed by atoms with Crippen LogP contribution < -0.4 is 0 Å². The first-order valence-electron chi connectivity index (χ1n) is 8.63. The molecule has 1 aromatic heterocycles. The topological polar surface area (TPSA) is 58.4 Å². The van der Waals surface area contributed by atoms with Crippen molar-refractivity contribution in [1.29, 1.82) is 0 Å². The number of nitrogens with zero attached hydrogens (tertiary/aromatic N) is 3. The molecule has 1 saturated carbocycles. The molecule has 5 heteroatoms. The number of aromatic nitrogens is 2. The summed E-state index contributed by atoms with van der Waals surface area (Å²) in [5, 5.41) is 13.4. The van der Waals surface area contributed by atoms with Gasteiger partial charge in [0.2, 0.25) is 5.91 Å². The molecule has 1 heterocycles. The van der Waals surface area contributed by atoms with Crippen LogP contribution in [-0.2, 0) is 11.2 Å². The van der Waals surface area contributed by atoms with Gasteiger partial charge in [0.05, 0.1) is 12.1 Å². The Morgan fingerprint density at radius 1 is 1.25 bits per heavy atom. The van der Waals surface area contributed by atoms with Crippen molar-refractivity contribution in [3.05, 3.63) is 48.3 Å². The van der Waals surface area contributed by atoms with Crippen molar-refractivity contribution < 1.29 is 9.90 Å². The van der Waals surface area contributed by atoms with E-state index in [9.17, 15) is 9.90 Å². The lowest BCUT2D eigenvalue weighted by molar-refractivity contribution is -0.132. The van der Waals surface area contributed by atoms with E-state index in [1.807, 2.05) is 48.5 Å². The van der Waals surface area contributed by atoms with Crippen LogP contribution >= 0.6 is 0 Å². The molecule has 24 heavy (non-hydrogen) atoms. The summed E-state index contributed by atoms with van der Waals surface area (Å²) in [5.74, 6) is 0.578. The number of likely N-dealkylation sites (N-methyl/N-ethyl adjacent to an activating group) is 1. The zero-order chi connectivity index (χ0) is 16.9. The van der Waals surface area contributed by atoms with Gasteiger partial charge in [0.1, 0.15) is 0 Å². The van der Waals surface area contributed by atoms with Crippen molar-refractivity contribution in [2.24, 2.45) is 5.92 Å². The standard InChI is InChI=1S/C19H25N3O2/c1-21(17-7-5-16(14-23)6-8-17)19(24)13-15-3-9-18(10-4-15)22-12-2-11-20-22/h2-4,9-12,16-17,23H,5-8,13-14H2,1H3. The minimum atomic E-state index is 0.161. The number of aliphatic hydroxyl groups is 1. The van der Waals surface area contributed by atoms with E-state index in [0.717, 1.165) is 36.9 Å². The van der Waals surface area contributed by atoms with Crippen molar-refractivity contribution in [1.82, 2.24) is 14.7 Å². The Bertz CT molecular complexity index is 644. The SMILES string of the molecule is CN(C(=O)Cc1ccc(-n2cccn2)cc1)C1CCC(CO)CC1. The predicted octanol–water partition coefficient (Wildman–Crippen LogP) is 2.42. The van der Waals surface area contributed by atoms with E-state index in [0.29, 0.717) is 18.4 Å². The number of benzene rings is 1. The van der Waals surface area contributed by atoms with Crippen LogP contribution in [0.25, 0.3) is 5.69 Å². The molecule has 2 aromatic rings. The van der Waals surface area contributed by atoms with Gasteiger partial charge in [-0.05, 0) is 55.4 Å². The molecule has 0 aliphatic heterocycles. The highest BCUT2D eigenvalue weighted by Crippen LogP contribution is 2.27. The second kappa shape index (κ2) is 7.62. The van der Waals surface area contributed by atoms with Crippen LogP contribution in [0.3, 0.4) is 0 Å². The molecule has 0 radical (unpaired) electrons. The van der Waals surface area contributed by atoms with Crippen LogP contribution in [0.1, 0.15) is 31.2 Å². The summed E-state index contributed by atoms with van der Waals surface area (Å²) in [4.78, 5) is 14.4. The van der Waals surface area contributed by atoms with E-state index in [1.54, 1.807) is 10.9 Å². The Kier molecular flexibility index (Phi) is 5.30. The maximum atomic E-state index is 12.5. The van der Waals surface area contributed by atoms with Crippen molar-refractivity contribution in [2.45, 2.75) is 38.1 Å². The number of hydrogen-bond acceptors (Lipinski definition) is 3. The van der Waals surface area contributed by atoms with Gasteiger partial charge >= 0.3 is 0 Å². The third kappa shape index (κ3) is 3.85. The van der Waals surface area contributed by atoms with E-state index in [2.05, 4.69) is 5.10 Å². The smallest absolute Gasteiger partial charge is 0.226 e. The summed E-state index contributed by atoms with van der Waals surface area (Å²) in [6.07, 6.45) is 8.08. The molecular weight excluding hydrogens is 302 g/mol. The quantitative estimate of drug-likeness (QED) is 0.917. The van der Waals surface area contributed by atoms with Gasteiger partial charge < -0.3 is 10.0 Å². The highest BCUT2D eigenvalue weighted by atomic mass is 16.3. The van der Waals surface area contributed by atoms with Crippen LogP contribution in [-0.4, -0.2) is 45.4 Å². The molecule has 3 rings (SSSR count). The summed E-state index contributed by atoms with van der Waals surface area (Å²) in [5.41, 5.74) is 2.01. The van der Waals surface area contributed by atoms with Crippen molar-refractivity contribution >= 4 is 5.91 Å². The molecule has 1 aliphatic carbocycles. The second-order valence-electron chi connectivity index (χ2n) is 6.66. The van der Waals surface area contributed by atoms with Gasteiger partial charge in [-0.2, -0.15) is 5.10 Å². The Labute approximate surface area is 142 Å². The average Bonchev–Trinajstić information content (AvgIpc) is 3.16. The monoisotopic (exact) mass is 327 g/mol. The summed E-state index contributed by atoms with van der Waals surface area (Å²) in [6.45, 7) is 0.271. The van der Waals surface area contributed by atoms with E-state index in [4.69, 9.17) is 0 Å². The molecule has 5 nitrogen and oxygen atoms in total. The molecular formula is C19H25N3O2. The number of carbonyl (C=O) groups is 1. The summed E-state index contributed by atoms with van der Waals surface area (Å²) in [7, 11) is 1.91. The van der Waals surface area contributed by atoms with Crippen molar-refractivity contribution in [3.8, 4) is 5.69 Å². The molecule has 1 fully saturated rings. The zero-order valence-corrected chi connectivity index (χ0v) is 14.1. The van der Waals surface area contributed by atoms with Crippen molar-refractivity contribution in [2.75, 3.05) is 13.7 Å². The lowest BCUT2D eigenvalue weighted by Gasteiger charge is -2.34. The van der Waals surface area contributed by atoms with Crippen LogP contribution in [0.2, 0.25) is 0 Å². The predicted molar refractivity (Wildman–Crippen MR) is 92.9 cm³/mol. The third-order valence-corrected chi connectivity index (χ3v) is 5.08. The highest BCUT2D eigenvalue weighted by Gasteiger charge is 2.26. The minimum Gasteiger partial charge on any atom is -0.396 e. The van der Waals surface area contributed by atoms with Gasteiger partial charge in [0.15, 0.2) is 0 Å². The van der Waals surface area contributed by atoms with Crippen molar-refractivity contribution in [3.63, 3.8) is 0 Å². The van der Waals surface area contributed by atoms with Gasteiger partial charge in [-0.3, -0.25) is 4.79 Å². The van der Waals surface area contributed by atoms with E-state index >= 15 is 0 Å². The second-order valence-corrected chi connectivity index (χ2v) is 6.66. The molecule has 128 valence electrons. The number of rotatable bonds is 5. The molecule has 1 aliphatic rings. The first-order chi connectivity index (χ1) is 11.7. The number of hydrogen-bond donors (Lipinski definition) is 1. The Balaban J connectivity index is 1.56. The molecule has 1 amide bonds. The van der Waals surface area contributed by atoms with E-state index < -0.39 is 0 Å². The number of carbonyl (C=O) groups excluding carboxylic acids is 1. The van der Waals surface area contributed by atoms with Gasteiger partial charge in [-0.1, -0.05) is 12.1 Å². The number of amides is 1. The molecule has 0 saturated heterocycles. The fourth-order valence-corrected chi connectivity index (χ4v) is 3.41. The normalized spacial score (nSPS) is 20.8. The maximum Gasteiger partial charge on any atom is 0.226 e. The maximum absolute atomic E-state index is 12.5. The molecule has 0 bridgehead atoms. The van der Waals surface area contributed by atoms with Gasteiger partial charge in [0.25, 0.3) is 0 Å². The van der Waals surface area contributed by atoms with Crippen LogP contribution in [0.15, 0.2) is 42.7 Å². The molecule has 0 atom stereocenters. The Morgan fingerprint density at radius 3 is 2.54 bits per heavy atom. The largest absolute Gasteiger partial charge is 0.396 e. The summed E-state index contributed by atoms with van der Waals surface area (Å²) in [6, 6.07) is 10.2. The molecule has 1 N–H and O–H groups in total.